The lowest BCUT2D eigenvalue weighted by molar-refractivity contribution is -0.389. The van der Waals surface area contributed by atoms with Gasteiger partial charge in [0.2, 0.25) is 0 Å². The molecule has 1 rings (SSSR count). The molecule has 0 saturated carbocycles. The highest BCUT2D eigenvalue weighted by Gasteiger charge is 2.04. The maximum absolute atomic E-state index is 10.1. The molecule has 0 aliphatic heterocycles. The summed E-state index contributed by atoms with van der Waals surface area (Å²) in [6.07, 6.45) is 1.16. The summed E-state index contributed by atoms with van der Waals surface area (Å²) in [5.74, 6) is -0.246. The van der Waals surface area contributed by atoms with Crippen LogP contribution in [0.4, 0.5) is 5.82 Å². The fourth-order valence-electron chi connectivity index (χ4n) is 0.560. The van der Waals surface area contributed by atoms with Crippen molar-refractivity contribution >= 4 is 5.82 Å². The number of hydrogen-bond acceptors (Lipinski definition) is 4. The number of pyridine rings is 1. The van der Waals surface area contributed by atoms with E-state index in [1.807, 2.05) is 6.07 Å². The molecular formula is C6H3N3O2. The fraction of sp³-hybridized carbons (Fsp3) is 0. The molecule has 0 bridgehead atoms. The normalized spacial score (nSPS) is 8.64. The Morgan fingerprint density at radius 1 is 1.64 bits per heavy atom. The van der Waals surface area contributed by atoms with Gasteiger partial charge in [-0.2, -0.15) is 5.26 Å². The highest BCUT2D eigenvalue weighted by molar-refractivity contribution is 5.30. The number of nitro groups is 1. The van der Waals surface area contributed by atoms with Crippen molar-refractivity contribution in [3.63, 3.8) is 0 Å². The Morgan fingerprint density at radius 3 is 2.73 bits per heavy atom. The number of hydrogen-bond donors (Lipinski definition) is 0. The summed E-state index contributed by atoms with van der Waals surface area (Å²) < 4.78 is 0. The smallest absolute Gasteiger partial charge is 0.358 e. The quantitative estimate of drug-likeness (QED) is 0.438. The second-order valence-electron chi connectivity index (χ2n) is 1.77. The Labute approximate surface area is 62.1 Å². The Kier molecular flexibility index (Phi) is 1.79. The zero-order chi connectivity index (χ0) is 8.27. The fourth-order valence-corrected chi connectivity index (χ4v) is 0.560. The molecule has 0 unspecified atom stereocenters. The monoisotopic (exact) mass is 149 g/mol. The van der Waals surface area contributed by atoms with E-state index in [0.717, 1.165) is 6.20 Å². The first-order valence-corrected chi connectivity index (χ1v) is 2.74. The summed E-state index contributed by atoms with van der Waals surface area (Å²) in [5.41, 5.74) is 0.315. The third-order valence-corrected chi connectivity index (χ3v) is 1.06. The van der Waals surface area contributed by atoms with Gasteiger partial charge in [0, 0.05) is 6.07 Å². The maximum atomic E-state index is 10.1. The third-order valence-electron chi connectivity index (χ3n) is 1.06. The topological polar surface area (TPSA) is 79.8 Å². The Hall–Kier alpha value is -1.96. The largest absolute Gasteiger partial charge is 0.363 e. The molecule has 0 radical (unpaired) electrons. The van der Waals surface area contributed by atoms with E-state index in [1.165, 1.54) is 12.1 Å². The van der Waals surface area contributed by atoms with E-state index in [9.17, 15) is 10.1 Å². The third kappa shape index (κ3) is 1.49. The predicted molar refractivity (Wildman–Crippen MR) is 35.6 cm³/mol. The second kappa shape index (κ2) is 2.75. The summed E-state index contributed by atoms with van der Waals surface area (Å²) in [7, 11) is 0. The molecule has 54 valence electrons. The molecule has 0 atom stereocenters. The molecule has 11 heavy (non-hydrogen) atoms. The van der Waals surface area contributed by atoms with Gasteiger partial charge in [-0.1, -0.05) is 0 Å². The Balaban J connectivity index is 3.03. The maximum Gasteiger partial charge on any atom is 0.363 e. The van der Waals surface area contributed by atoms with Crippen molar-refractivity contribution in [3.8, 4) is 6.07 Å². The van der Waals surface area contributed by atoms with E-state index in [0.29, 0.717) is 5.56 Å². The molecule has 0 saturated heterocycles. The summed E-state index contributed by atoms with van der Waals surface area (Å²) in [6, 6.07) is 4.35. The van der Waals surface area contributed by atoms with Gasteiger partial charge in [-0.05, 0) is 16.0 Å². The van der Waals surface area contributed by atoms with E-state index >= 15 is 0 Å². The summed E-state index contributed by atoms with van der Waals surface area (Å²) >= 11 is 0. The van der Waals surface area contributed by atoms with Crippen LogP contribution < -0.4 is 0 Å². The number of rotatable bonds is 1. The molecule has 0 aromatic carbocycles. The van der Waals surface area contributed by atoms with E-state index in [2.05, 4.69) is 4.98 Å². The number of nitriles is 1. The van der Waals surface area contributed by atoms with Crippen LogP contribution in [0.3, 0.4) is 0 Å². The first kappa shape index (κ1) is 7.15. The SMILES string of the molecule is N#Cc1ccc([N+](=O)[O-])nc1. The average Bonchev–Trinajstić information content (AvgIpc) is 2.05. The molecular weight excluding hydrogens is 146 g/mol. The predicted octanol–water partition coefficient (Wildman–Crippen LogP) is 0.861. The van der Waals surface area contributed by atoms with Crippen LogP contribution in [0, 0.1) is 21.4 Å². The molecule has 0 aliphatic rings. The summed E-state index contributed by atoms with van der Waals surface area (Å²) in [4.78, 5) is 12.9. The van der Waals surface area contributed by atoms with Crippen LogP contribution in [0.5, 0.6) is 0 Å². The standard InChI is InChI=1S/C6H3N3O2/c7-3-5-1-2-6(8-4-5)9(10)11/h1-2,4H. The van der Waals surface area contributed by atoms with Gasteiger partial charge in [0.25, 0.3) is 0 Å². The average molecular weight is 149 g/mol. The van der Waals surface area contributed by atoms with Crippen LogP contribution >= 0.6 is 0 Å². The van der Waals surface area contributed by atoms with Crippen molar-refractivity contribution < 1.29 is 4.92 Å². The lowest BCUT2D eigenvalue weighted by Crippen LogP contribution is -1.90. The van der Waals surface area contributed by atoms with Crippen LogP contribution in [0.15, 0.2) is 18.3 Å². The van der Waals surface area contributed by atoms with Gasteiger partial charge >= 0.3 is 5.82 Å². The number of nitrogens with zero attached hydrogens (tertiary/aromatic N) is 3. The molecule has 0 fully saturated rings. The molecule has 0 spiro atoms. The molecule has 1 aromatic rings. The minimum Gasteiger partial charge on any atom is -0.358 e. The van der Waals surface area contributed by atoms with Gasteiger partial charge in [-0.25, -0.2) is 0 Å². The molecule has 5 heteroatoms. The molecule has 0 aliphatic carbocycles. The molecule has 1 aromatic heterocycles. The summed E-state index contributed by atoms with van der Waals surface area (Å²) in [6.45, 7) is 0. The van der Waals surface area contributed by atoms with Crippen molar-refractivity contribution in [2.24, 2.45) is 0 Å². The first-order valence-electron chi connectivity index (χ1n) is 2.74. The number of aromatic nitrogens is 1. The van der Waals surface area contributed by atoms with E-state index < -0.39 is 4.92 Å². The van der Waals surface area contributed by atoms with Crippen molar-refractivity contribution in [2.45, 2.75) is 0 Å². The van der Waals surface area contributed by atoms with Crippen LogP contribution in [0.25, 0.3) is 0 Å². The first-order chi connectivity index (χ1) is 5.24. The van der Waals surface area contributed by atoms with Crippen molar-refractivity contribution in [1.82, 2.24) is 4.98 Å². The minimum absolute atomic E-state index is 0.246. The lowest BCUT2D eigenvalue weighted by atomic mass is 10.3. The van der Waals surface area contributed by atoms with Crippen molar-refractivity contribution in [2.75, 3.05) is 0 Å². The van der Waals surface area contributed by atoms with E-state index in [1.54, 1.807) is 0 Å². The van der Waals surface area contributed by atoms with Crippen LogP contribution in [-0.2, 0) is 0 Å². The van der Waals surface area contributed by atoms with Gasteiger partial charge in [0.05, 0.1) is 5.56 Å². The highest BCUT2D eigenvalue weighted by Crippen LogP contribution is 2.05. The van der Waals surface area contributed by atoms with E-state index in [-0.39, 0.29) is 5.82 Å². The molecule has 1 heterocycles. The van der Waals surface area contributed by atoms with Gasteiger partial charge in [-0.15, -0.1) is 0 Å². The molecule has 5 nitrogen and oxygen atoms in total. The van der Waals surface area contributed by atoms with Gasteiger partial charge in [0.15, 0.2) is 6.20 Å². The van der Waals surface area contributed by atoms with Crippen LogP contribution in [-0.4, -0.2) is 9.91 Å². The molecule has 0 amide bonds. The Bertz CT molecular complexity index is 312. The Morgan fingerprint density at radius 2 is 2.36 bits per heavy atom. The minimum atomic E-state index is -0.610. The molecule has 0 N–H and O–H groups in total. The van der Waals surface area contributed by atoms with Gasteiger partial charge < -0.3 is 10.1 Å². The van der Waals surface area contributed by atoms with Crippen molar-refractivity contribution in [3.05, 3.63) is 34.0 Å². The van der Waals surface area contributed by atoms with Crippen molar-refractivity contribution in [1.29, 1.82) is 5.26 Å². The summed E-state index contributed by atoms with van der Waals surface area (Å²) in [5, 5.41) is 18.4. The van der Waals surface area contributed by atoms with Crippen LogP contribution in [0.1, 0.15) is 5.56 Å². The second-order valence-corrected chi connectivity index (χ2v) is 1.77. The zero-order valence-corrected chi connectivity index (χ0v) is 5.39. The van der Waals surface area contributed by atoms with E-state index in [4.69, 9.17) is 5.26 Å². The van der Waals surface area contributed by atoms with Crippen LogP contribution in [0.2, 0.25) is 0 Å². The van der Waals surface area contributed by atoms with Gasteiger partial charge in [0.1, 0.15) is 6.07 Å². The highest BCUT2D eigenvalue weighted by atomic mass is 16.6. The zero-order valence-electron chi connectivity index (χ0n) is 5.39. The lowest BCUT2D eigenvalue weighted by Gasteiger charge is -1.88. The van der Waals surface area contributed by atoms with Gasteiger partial charge in [-0.3, -0.25) is 0 Å².